The smallest absolute Gasteiger partial charge is 0.252 e. The minimum atomic E-state index is -0.186. The molecule has 0 amide bonds. The molecular formula is C12H23N3O3. The van der Waals surface area contributed by atoms with Gasteiger partial charge in [0.1, 0.15) is 12.7 Å². The second kappa shape index (κ2) is 6.82. The van der Waals surface area contributed by atoms with Crippen LogP contribution in [-0.4, -0.2) is 29.9 Å². The maximum Gasteiger partial charge on any atom is 0.252 e. The lowest BCUT2D eigenvalue weighted by Crippen LogP contribution is -2.22. The molecule has 0 aliphatic heterocycles. The number of rotatable bonds is 7. The highest BCUT2D eigenvalue weighted by Gasteiger charge is 2.31. The Balaban J connectivity index is 2.69. The van der Waals surface area contributed by atoms with E-state index in [-0.39, 0.29) is 18.1 Å². The predicted octanol–water partition coefficient (Wildman–Crippen LogP) is 1.67. The molecule has 1 rings (SSSR count). The van der Waals surface area contributed by atoms with Gasteiger partial charge in [0, 0.05) is 13.2 Å². The van der Waals surface area contributed by atoms with Crippen LogP contribution in [0.25, 0.3) is 0 Å². The molecule has 1 aromatic heterocycles. The van der Waals surface area contributed by atoms with Gasteiger partial charge in [-0.15, -0.1) is 0 Å². The first-order chi connectivity index (χ1) is 8.49. The van der Waals surface area contributed by atoms with Crippen molar-refractivity contribution in [3.63, 3.8) is 0 Å². The zero-order chi connectivity index (χ0) is 13.6. The topological polar surface area (TPSA) is 83.4 Å². The van der Waals surface area contributed by atoms with E-state index in [0.717, 1.165) is 0 Å². The van der Waals surface area contributed by atoms with E-state index in [4.69, 9.17) is 19.7 Å². The molecule has 1 heterocycles. The van der Waals surface area contributed by atoms with Crippen LogP contribution in [0, 0.1) is 5.41 Å². The molecular weight excluding hydrogens is 234 g/mol. The Hall–Kier alpha value is -0.980. The molecule has 6 nitrogen and oxygen atoms in total. The van der Waals surface area contributed by atoms with Crippen LogP contribution in [0.5, 0.6) is 0 Å². The van der Waals surface area contributed by atoms with Gasteiger partial charge in [0.15, 0.2) is 0 Å². The van der Waals surface area contributed by atoms with Gasteiger partial charge in [-0.2, -0.15) is 4.98 Å². The zero-order valence-corrected chi connectivity index (χ0v) is 11.6. The van der Waals surface area contributed by atoms with Gasteiger partial charge in [-0.3, -0.25) is 0 Å². The summed E-state index contributed by atoms with van der Waals surface area (Å²) in [6.07, 6.45) is -0.186. The van der Waals surface area contributed by atoms with Gasteiger partial charge >= 0.3 is 0 Å². The minimum absolute atomic E-state index is 0.0880. The van der Waals surface area contributed by atoms with Crippen molar-refractivity contribution in [1.82, 2.24) is 10.1 Å². The number of hydrogen-bond donors (Lipinski definition) is 1. The fourth-order valence-corrected chi connectivity index (χ4v) is 1.55. The fourth-order valence-electron chi connectivity index (χ4n) is 1.55. The van der Waals surface area contributed by atoms with Crippen LogP contribution in [0.3, 0.4) is 0 Å². The second-order valence-corrected chi connectivity index (χ2v) is 5.09. The molecule has 104 valence electrons. The van der Waals surface area contributed by atoms with Gasteiger partial charge in [0.05, 0.1) is 6.61 Å². The molecule has 1 unspecified atom stereocenters. The van der Waals surface area contributed by atoms with Crippen molar-refractivity contribution in [2.24, 2.45) is 11.1 Å². The Kier molecular flexibility index (Phi) is 5.71. The average Bonchev–Trinajstić information content (AvgIpc) is 2.73. The van der Waals surface area contributed by atoms with Crippen LogP contribution in [-0.2, 0) is 16.1 Å². The number of nitrogens with two attached hydrogens (primary N) is 1. The van der Waals surface area contributed by atoms with E-state index in [1.54, 1.807) is 0 Å². The zero-order valence-electron chi connectivity index (χ0n) is 11.6. The number of aromatic nitrogens is 2. The molecule has 0 bridgehead atoms. The first kappa shape index (κ1) is 15.1. The molecule has 1 atom stereocenters. The molecule has 0 aromatic carbocycles. The van der Waals surface area contributed by atoms with Crippen LogP contribution < -0.4 is 5.73 Å². The molecule has 18 heavy (non-hydrogen) atoms. The molecule has 0 saturated heterocycles. The first-order valence-corrected chi connectivity index (χ1v) is 6.21. The summed E-state index contributed by atoms with van der Waals surface area (Å²) in [7, 11) is 0. The van der Waals surface area contributed by atoms with Gasteiger partial charge in [0.25, 0.3) is 5.89 Å². The van der Waals surface area contributed by atoms with Crippen molar-refractivity contribution >= 4 is 0 Å². The quantitative estimate of drug-likeness (QED) is 0.748. The third kappa shape index (κ3) is 4.36. The lowest BCUT2D eigenvalue weighted by molar-refractivity contribution is -0.0203. The SMILES string of the molecule is CCOC(c1noc(COCCN)n1)C(C)(C)C. The van der Waals surface area contributed by atoms with Crippen LogP contribution in [0.2, 0.25) is 0 Å². The van der Waals surface area contributed by atoms with E-state index in [9.17, 15) is 0 Å². The molecule has 2 N–H and O–H groups in total. The van der Waals surface area contributed by atoms with Crippen LogP contribution in [0.4, 0.5) is 0 Å². The van der Waals surface area contributed by atoms with E-state index in [2.05, 4.69) is 30.9 Å². The van der Waals surface area contributed by atoms with Crippen LogP contribution in [0.15, 0.2) is 4.52 Å². The van der Waals surface area contributed by atoms with E-state index in [1.807, 2.05) is 6.92 Å². The second-order valence-electron chi connectivity index (χ2n) is 5.09. The monoisotopic (exact) mass is 257 g/mol. The van der Waals surface area contributed by atoms with Gasteiger partial charge < -0.3 is 19.7 Å². The highest BCUT2D eigenvalue weighted by atomic mass is 16.5. The maximum absolute atomic E-state index is 5.69. The van der Waals surface area contributed by atoms with E-state index < -0.39 is 0 Å². The van der Waals surface area contributed by atoms with Crippen LogP contribution >= 0.6 is 0 Å². The summed E-state index contributed by atoms with van der Waals surface area (Å²) in [6, 6.07) is 0. The number of hydrogen-bond acceptors (Lipinski definition) is 6. The number of ether oxygens (including phenoxy) is 2. The first-order valence-electron chi connectivity index (χ1n) is 6.21. The Labute approximate surface area is 108 Å². The van der Waals surface area contributed by atoms with Crippen molar-refractivity contribution in [2.45, 2.75) is 40.4 Å². The number of nitrogens with zero attached hydrogens (tertiary/aromatic N) is 2. The molecule has 0 aliphatic rings. The van der Waals surface area contributed by atoms with Crippen molar-refractivity contribution in [1.29, 1.82) is 0 Å². The summed E-state index contributed by atoms with van der Waals surface area (Å²) in [5.41, 5.74) is 5.24. The van der Waals surface area contributed by atoms with Crippen molar-refractivity contribution in [3.8, 4) is 0 Å². The lowest BCUT2D eigenvalue weighted by atomic mass is 9.88. The van der Waals surface area contributed by atoms with Gasteiger partial charge in [-0.25, -0.2) is 0 Å². The van der Waals surface area contributed by atoms with Crippen LogP contribution in [0.1, 0.15) is 45.5 Å². The molecule has 1 aromatic rings. The van der Waals surface area contributed by atoms with Crippen molar-refractivity contribution < 1.29 is 14.0 Å². The normalized spacial score (nSPS) is 13.8. The van der Waals surface area contributed by atoms with E-state index >= 15 is 0 Å². The molecule has 0 spiro atoms. The summed E-state index contributed by atoms with van der Waals surface area (Å²) in [5.74, 6) is 1.02. The summed E-state index contributed by atoms with van der Waals surface area (Å²) >= 11 is 0. The highest BCUT2D eigenvalue weighted by molar-refractivity contribution is 4.96. The molecule has 0 aliphatic carbocycles. The largest absolute Gasteiger partial charge is 0.370 e. The molecule has 0 radical (unpaired) electrons. The fraction of sp³-hybridized carbons (Fsp3) is 0.833. The Bertz CT molecular complexity index is 347. The van der Waals surface area contributed by atoms with Crippen molar-refractivity contribution in [2.75, 3.05) is 19.8 Å². The Morgan fingerprint density at radius 3 is 2.67 bits per heavy atom. The van der Waals surface area contributed by atoms with E-state index in [0.29, 0.717) is 31.5 Å². The third-order valence-electron chi connectivity index (χ3n) is 2.33. The lowest BCUT2D eigenvalue weighted by Gasteiger charge is -2.27. The van der Waals surface area contributed by atoms with E-state index in [1.165, 1.54) is 0 Å². The highest BCUT2D eigenvalue weighted by Crippen LogP contribution is 2.34. The predicted molar refractivity (Wildman–Crippen MR) is 66.8 cm³/mol. The summed E-state index contributed by atoms with van der Waals surface area (Å²) in [4.78, 5) is 4.30. The maximum atomic E-state index is 5.69. The summed E-state index contributed by atoms with van der Waals surface area (Å²) in [5, 5.41) is 3.96. The Morgan fingerprint density at radius 1 is 1.39 bits per heavy atom. The van der Waals surface area contributed by atoms with Gasteiger partial charge in [0.2, 0.25) is 5.82 Å². The molecule has 0 fully saturated rings. The van der Waals surface area contributed by atoms with Crippen molar-refractivity contribution in [3.05, 3.63) is 11.7 Å². The minimum Gasteiger partial charge on any atom is -0.370 e. The molecule has 6 heteroatoms. The molecule has 0 saturated carbocycles. The summed E-state index contributed by atoms with van der Waals surface area (Å²) < 4.78 is 16.1. The van der Waals surface area contributed by atoms with Gasteiger partial charge in [-0.1, -0.05) is 25.9 Å². The Morgan fingerprint density at radius 2 is 2.11 bits per heavy atom. The summed E-state index contributed by atoms with van der Waals surface area (Å²) in [6.45, 7) is 10.0. The third-order valence-corrected chi connectivity index (χ3v) is 2.33. The van der Waals surface area contributed by atoms with Gasteiger partial charge in [-0.05, 0) is 12.3 Å². The standard InChI is InChI=1S/C12H23N3O3/c1-5-17-10(12(2,3)4)11-14-9(18-15-11)8-16-7-6-13/h10H,5-8,13H2,1-4H3. The average molecular weight is 257 g/mol.